The first kappa shape index (κ1) is 16.0. The van der Waals surface area contributed by atoms with Crippen LogP contribution in [0.15, 0.2) is 42.5 Å². The van der Waals surface area contributed by atoms with Crippen molar-refractivity contribution >= 4 is 11.6 Å². The molecule has 2 rings (SSSR count). The number of hydrogen-bond acceptors (Lipinski definition) is 1. The minimum atomic E-state index is -0.872. The Balaban J connectivity index is 2.14. The van der Waals surface area contributed by atoms with Gasteiger partial charge in [-0.3, -0.25) is 0 Å². The van der Waals surface area contributed by atoms with Gasteiger partial charge >= 0.3 is 0 Å². The summed E-state index contributed by atoms with van der Waals surface area (Å²) in [7, 11) is 0. The van der Waals surface area contributed by atoms with Crippen molar-refractivity contribution in [1.29, 1.82) is 0 Å². The molecule has 0 fully saturated rings. The Morgan fingerprint density at radius 3 is 2.24 bits per heavy atom. The zero-order valence-electron chi connectivity index (χ0n) is 12.5. The van der Waals surface area contributed by atoms with Gasteiger partial charge in [0.2, 0.25) is 0 Å². The van der Waals surface area contributed by atoms with Crippen LogP contribution in [0.5, 0.6) is 0 Å². The van der Waals surface area contributed by atoms with Gasteiger partial charge < -0.3 is 5.11 Å². The first-order chi connectivity index (χ1) is 9.77. The highest BCUT2D eigenvalue weighted by Crippen LogP contribution is 2.26. The number of aliphatic hydroxyl groups is 1. The molecule has 0 saturated carbocycles. The molecule has 1 atom stereocenters. The minimum Gasteiger partial charge on any atom is -0.388 e. The standard InChI is InChI=1S/C18H20ClFO/c1-18(2,3)13-6-4-12(5-7-13)10-17(21)15-9-8-14(19)11-16(15)20/h4-9,11,17,21H,10H2,1-3H3. The van der Waals surface area contributed by atoms with Crippen molar-refractivity contribution < 1.29 is 9.50 Å². The molecule has 0 spiro atoms. The first-order valence-electron chi connectivity index (χ1n) is 7.00. The molecule has 0 amide bonds. The molecule has 0 radical (unpaired) electrons. The number of hydrogen-bond donors (Lipinski definition) is 1. The monoisotopic (exact) mass is 306 g/mol. The van der Waals surface area contributed by atoms with Crippen LogP contribution in [-0.2, 0) is 11.8 Å². The van der Waals surface area contributed by atoms with Gasteiger partial charge in [-0.25, -0.2) is 4.39 Å². The molecule has 1 N–H and O–H groups in total. The number of benzene rings is 2. The zero-order valence-corrected chi connectivity index (χ0v) is 13.3. The molecule has 0 aromatic heterocycles. The van der Waals surface area contributed by atoms with E-state index in [-0.39, 0.29) is 11.0 Å². The molecule has 112 valence electrons. The van der Waals surface area contributed by atoms with Gasteiger partial charge in [0.05, 0.1) is 6.10 Å². The van der Waals surface area contributed by atoms with Gasteiger partial charge in [-0.05, 0) is 28.7 Å². The molecule has 0 bridgehead atoms. The van der Waals surface area contributed by atoms with Crippen molar-refractivity contribution in [2.45, 2.75) is 38.7 Å². The summed E-state index contributed by atoms with van der Waals surface area (Å²) >= 11 is 5.72. The van der Waals surface area contributed by atoms with Crippen LogP contribution >= 0.6 is 11.6 Å². The first-order valence-corrected chi connectivity index (χ1v) is 7.37. The Bertz CT molecular complexity index is 614. The van der Waals surface area contributed by atoms with E-state index in [1.165, 1.54) is 17.7 Å². The van der Waals surface area contributed by atoms with Crippen molar-refractivity contribution in [3.8, 4) is 0 Å². The third-order valence-electron chi connectivity index (χ3n) is 3.57. The van der Waals surface area contributed by atoms with Crippen LogP contribution in [0.2, 0.25) is 5.02 Å². The maximum atomic E-state index is 13.8. The Morgan fingerprint density at radius 2 is 1.71 bits per heavy atom. The quantitative estimate of drug-likeness (QED) is 0.841. The lowest BCUT2D eigenvalue weighted by Crippen LogP contribution is -2.11. The Hall–Kier alpha value is -1.38. The molecule has 0 aliphatic carbocycles. The van der Waals surface area contributed by atoms with Crippen LogP contribution in [0, 0.1) is 5.82 Å². The van der Waals surface area contributed by atoms with Crippen LogP contribution in [0.4, 0.5) is 4.39 Å². The van der Waals surface area contributed by atoms with E-state index in [9.17, 15) is 9.50 Å². The molecule has 1 nitrogen and oxygen atoms in total. The van der Waals surface area contributed by atoms with E-state index < -0.39 is 11.9 Å². The third-order valence-corrected chi connectivity index (χ3v) is 3.81. The van der Waals surface area contributed by atoms with Crippen LogP contribution in [0.25, 0.3) is 0 Å². The van der Waals surface area contributed by atoms with Crippen LogP contribution in [0.1, 0.15) is 43.6 Å². The maximum absolute atomic E-state index is 13.8. The highest BCUT2D eigenvalue weighted by atomic mass is 35.5. The molecule has 0 heterocycles. The SMILES string of the molecule is CC(C)(C)c1ccc(CC(O)c2ccc(Cl)cc2F)cc1. The fourth-order valence-electron chi connectivity index (χ4n) is 2.25. The number of aliphatic hydroxyl groups excluding tert-OH is 1. The number of rotatable bonds is 3. The highest BCUT2D eigenvalue weighted by molar-refractivity contribution is 6.30. The van der Waals surface area contributed by atoms with Gasteiger partial charge in [-0.15, -0.1) is 0 Å². The van der Waals surface area contributed by atoms with E-state index in [0.29, 0.717) is 11.4 Å². The average molecular weight is 307 g/mol. The summed E-state index contributed by atoms with van der Waals surface area (Å²) in [5, 5.41) is 10.5. The molecule has 2 aromatic rings. The average Bonchev–Trinajstić information content (AvgIpc) is 2.38. The molecule has 21 heavy (non-hydrogen) atoms. The fraction of sp³-hybridized carbons (Fsp3) is 0.333. The van der Waals surface area contributed by atoms with Gasteiger partial charge in [0, 0.05) is 17.0 Å². The molecule has 0 saturated heterocycles. The highest BCUT2D eigenvalue weighted by Gasteiger charge is 2.16. The van der Waals surface area contributed by atoms with E-state index >= 15 is 0 Å². The summed E-state index contributed by atoms with van der Waals surface area (Å²) < 4.78 is 13.8. The summed E-state index contributed by atoms with van der Waals surface area (Å²) in [4.78, 5) is 0. The van der Waals surface area contributed by atoms with Crippen LogP contribution in [-0.4, -0.2) is 5.11 Å². The summed E-state index contributed by atoms with van der Waals surface area (Å²) in [6.45, 7) is 6.46. The van der Waals surface area contributed by atoms with E-state index in [4.69, 9.17) is 11.6 Å². The van der Waals surface area contributed by atoms with E-state index in [2.05, 4.69) is 32.9 Å². The van der Waals surface area contributed by atoms with Crippen LogP contribution in [0.3, 0.4) is 0 Å². The second kappa shape index (κ2) is 6.17. The second-order valence-electron chi connectivity index (χ2n) is 6.33. The minimum absolute atomic E-state index is 0.0967. The van der Waals surface area contributed by atoms with Gasteiger partial charge in [-0.2, -0.15) is 0 Å². The maximum Gasteiger partial charge on any atom is 0.130 e. The lowest BCUT2D eigenvalue weighted by atomic mass is 9.86. The van der Waals surface area contributed by atoms with Crippen LogP contribution < -0.4 is 0 Å². The Morgan fingerprint density at radius 1 is 1.10 bits per heavy atom. The molecular weight excluding hydrogens is 287 g/mol. The molecule has 1 unspecified atom stereocenters. The normalized spacial score (nSPS) is 13.2. The zero-order chi connectivity index (χ0) is 15.6. The van der Waals surface area contributed by atoms with Gasteiger partial charge in [0.15, 0.2) is 0 Å². The molecule has 0 aliphatic rings. The summed E-state index contributed by atoms with van der Waals surface area (Å²) in [5.41, 5.74) is 2.59. The lowest BCUT2D eigenvalue weighted by molar-refractivity contribution is 0.173. The van der Waals surface area contributed by atoms with Gasteiger partial charge in [-0.1, -0.05) is 62.7 Å². The summed E-state index contributed by atoms with van der Waals surface area (Å²) in [5.74, 6) is -0.471. The predicted molar refractivity (Wildman–Crippen MR) is 85.2 cm³/mol. The predicted octanol–water partition coefficient (Wildman–Crippen LogP) is 5.05. The number of halogens is 2. The van der Waals surface area contributed by atoms with Crippen molar-refractivity contribution in [1.82, 2.24) is 0 Å². The largest absolute Gasteiger partial charge is 0.388 e. The summed E-state index contributed by atoms with van der Waals surface area (Å²) in [6.07, 6.45) is -0.494. The third kappa shape index (κ3) is 4.05. The fourth-order valence-corrected chi connectivity index (χ4v) is 2.40. The summed E-state index contributed by atoms with van der Waals surface area (Å²) in [6, 6.07) is 12.4. The second-order valence-corrected chi connectivity index (χ2v) is 6.77. The molecule has 3 heteroatoms. The smallest absolute Gasteiger partial charge is 0.130 e. The molecular formula is C18H20ClFO. The Kier molecular flexibility index (Phi) is 4.70. The molecule has 0 aliphatic heterocycles. The van der Waals surface area contributed by atoms with Crippen molar-refractivity contribution in [2.24, 2.45) is 0 Å². The van der Waals surface area contributed by atoms with Gasteiger partial charge in [0.25, 0.3) is 0 Å². The Labute approximate surface area is 130 Å². The topological polar surface area (TPSA) is 20.2 Å². The van der Waals surface area contributed by atoms with E-state index in [1.54, 1.807) is 6.07 Å². The lowest BCUT2D eigenvalue weighted by Gasteiger charge is -2.19. The van der Waals surface area contributed by atoms with Crippen molar-refractivity contribution in [3.63, 3.8) is 0 Å². The van der Waals surface area contributed by atoms with Gasteiger partial charge in [0.1, 0.15) is 5.82 Å². The van der Waals surface area contributed by atoms with Crippen molar-refractivity contribution in [3.05, 3.63) is 70.0 Å². The van der Waals surface area contributed by atoms with E-state index in [0.717, 1.165) is 5.56 Å². The van der Waals surface area contributed by atoms with E-state index in [1.807, 2.05) is 12.1 Å². The van der Waals surface area contributed by atoms with Crippen molar-refractivity contribution in [2.75, 3.05) is 0 Å². The molecule has 2 aromatic carbocycles.